The maximum Gasteiger partial charge on any atom is 0.413 e. The largest absolute Gasteiger partial charge is 0.474 e. The van der Waals surface area contributed by atoms with Gasteiger partial charge in [0.1, 0.15) is 24.2 Å². The summed E-state index contributed by atoms with van der Waals surface area (Å²) in [5.74, 6) is 0.221. The number of nitrogens with zero attached hydrogens (tertiary/aromatic N) is 2. The van der Waals surface area contributed by atoms with E-state index in [1.807, 2.05) is 6.92 Å². The molecule has 11 heteroatoms. The van der Waals surface area contributed by atoms with E-state index in [0.717, 1.165) is 24.3 Å². The van der Waals surface area contributed by atoms with Crippen molar-refractivity contribution in [2.24, 2.45) is 0 Å². The van der Waals surface area contributed by atoms with Gasteiger partial charge in [0, 0.05) is 61.6 Å². The van der Waals surface area contributed by atoms with Gasteiger partial charge in [-0.1, -0.05) is 0 Å². The molecule has 2 aromatic heterocycles. The van der Waals surface area contributed by atoms with Crippen molar-refractivity contribution >= 4 is 34.1 Å². The number of carbonyl (C=O) groups excluding carboxylic acids is 1. The Balaban J connectivity index is 1.45. The summed E-state index contributed by atoms with van der Waals surface area (Å²) in [5, 5.41) is 13.4. The zero-order valence-electron chi connectivity index (χ0n) is 18.7. The van der Waals surface area contributed by atoms with Gasteiger partial charge < -0.3 is 31.2 Å². The highest BCUT2D eigenvalue weighted by atomic mass is 19.1. The van der Waals surface area contributed by atoms with Crippen molar-refractivity contribution in [2.75, 3.05) is 55.7 Å². The third-order valence-electron chi connectivity index (χ3n) is 5.96. The van der Waals surface area contributed by atoms with E-state index in [-0.39, 0.29) is 17.6 Å². The summed E-state index contributed by atoms with van der Waals surface area (Å²) in [6.07, 6.45) is 2.11. The van der Waals surface area contributed by atoms with Gasteiger partial charge in [-0.15, -0.1) is 0 Å². The van der Waals surface area contributed by atoms with Gasteiger partial charge in [-0.05, 0) is 30.0 Å². The average Bonchev–Trinajstić information content (AvgIpc) is 3.10. The number of nitrogen functional groups attached to an aromatic ring is 1. The Bertz CT molecular complexity index is 1250. The highest BCUT2D eigenvalue weighted by Crippen LogP contribution is 2.39. The molecule has 3 aromatic rings. The highest BCUT2D eigenvalue weighted by molar-refractivity contribution is 5.99. The molecule has 10 nitrogen and oxygen atoms in total. The fourth-order valence-electron chi connectivity index (χ4n) is 4.20. The molecule has 0 unspecified atom stereocenters. The van der Waals surface area contributed by atoms with Crippen LogP contribution in [0, 0.1) is 12.7 Å². The topological polar surface area (TPSA) is 135 Å². The first-order valence-electron chi connectivity index (χ1n) is 11.1. The van der Waals surface area contributed by atoms with Gasteiger partial charge in [-0.2, -0.15) is 0 Å². The second-order valence-electron chi connectivity index (χ2n) is 8.26. The molecule has 0 radical (unpaired) electrons. The monoisotopic (exact) mass is 467 g/mol. The predicted molar refractivity (Wildman–Crippen MR) is 128 cm³/mol. The number of halogens is 1. The molecule has 0 saturated carbocycles. The first-order valence-corrected chi connectivity index (χ1v) is 11.1. The van der Waals surface area contributed by atoms with Crippen molar-refractivity contribution in [1.82, 2.24) is 20.6 Å². The minimum Gasteiger partial charge on any atom is -0.474 e. The van der Waals surface area contributed by atoms with Crippen LogP contribution in [0.4, 0.5) is 26.4 Å². The van der Waals surface area contributed by atoms with Crippen LogP contribution >= 0.6 is 0 Å². The normalized spacial score (nSPS) is 16.2. The summed E-state index contributed by atoms with van der Waals surface area (Å²) in [6, 6.07) is 3.32. The second kappa shape index (κ2) is 9.27. The minimum atomic E-state index is -0.613. The summed E-state index contributed by atoms with van der Waals surface area (Å²) >= 11 is 0. The van der Waals surface area contributed by atoms with E-state index in [4.69, 9.17) is 15.2 Å². The number of anilines is 3. The van der Waals surface area contributed by atoms with Crippen LogP contribution in [0.15, 0.2) is 24.5 Å². The van der Waals surface area contributed by atoms with Gasteiger partial charge in [-0.25, -0.2) is 19.2 Å². The molecule has 0 spiro atoms. The molecule has 1 aromatic carbocycles. The number of hydrogen-bond acceptors (Lipinski definition) is 9. The molecule has 1 fully saturated rings. The van der Waals surface area contributed by atoms with Crippen LogP contribution in [0.25, 0.3) is 21.9 Å². The molecule has 2 aliphatic heterocycles. The molecule has 1 saturated heterocycles. The summed E-state index contributed by atoms with van der Waals surface area (Å²) in [4.78, 5) is 20.9. The maximum atomic E-state index is 15.3. The lowest BCUT2D eigenvalue weighted by molar-refractivity contribution is 0.113. The van der Waals surface area contributed by atoms with Crippen LogP contribution in [0.5, 0.6) is 5.88 Å². The van der Waals surface area contributed by atoms with Gasteiger partial charge in [-0.3, -0.25) is 5.32 Å². The van der Waals surface area contributed by atoms with Gasteiger partial charge in [0.05, 0.1) is 5.69 Å². The van der Waals surface area contributed by atoms with Crippen LogP contribution in [0.3, 0.4) is 0 Å². The molecule has 0 bridgehead atoms. The van der Waals surface area contributed by atoms with E-state index >= 15 is 4.39 Å². The lowest BCUT2D eigenvalue weighted by Crippen LogP contribution is -2.35. The Hall–Kier alpha value is -3.70. The third kappa shape index (κ3) is 4.27. The van der Waals surface area contributed by atoms with Crippen molar-refractivity contribution in [3.63, 3.8) is 0 Å². The van der Waals surface area contributed by atoms with E-state index in [1.165, 1.54) is 6.20 Å². The van der Waals surface area contributed by atoms with Crippen molar-refractivity contribution < 1.29 is 18.7 Å². The lowest BCUT2D eigenvalue weighted by atomic mass is 9.97. The second-order valence-corrected chi connectivity index (χ2v) is 8.26. The fraction of sp³-hybridized carbons (Fsp3) is 0.348. The highest BCUT2D eigenvalue weighted by Gasteiger charge is 2.21. The number of amides is 1. The number of ether oxygens (including phenoxy) is 2. The SMILES string of the molecule is Cc1c(-c2cc3cc(NC(=O)OC4CNCCNC4)ncc3c(N)c2F)cnc2c1NCCO2. The minimum absolute atomic E-state index is 0.0222. The average molecular weight is 468 g/mol. The van der Waals surface area contributed by atoms with Crippen molar-refractivity contribution in [1.29, 1.82) is 0 Å². The van der Waals surface area contributed by atoms with Crippen LogP contribution in [0.2, 0.25) is 0 Å². The Morgan fingerprint density at radius 3 is 2.76 bits per heavy atom. The number of rotatable bonds is 3. The molecule has 5 rings (SSSR count). The summed E-state index contributed by atoms with van der Waals surface area (Å²) in [7, 11) is 0. The zero-order chi connectivity index (χ0) is 23.7. The van der Waals surface area contributed by atoms with Crippen molar-refractivity contribution in [3.05, 3.63) is 35.9 Å². The Labute approximate surface area is 195 Å². The first kappa shape index (κ1) is 22.1. The summed E-state index contributed by atoms with van der Waals surface area (Å²) in [6.45, 7) is 5.81. The Morgan fingerprint density at radius 2 is 1.97 bits per heavy atom. The number of hydrogen-bond donors (Lipinski definition) is 5. The number of pyridine rings is 2. The molecule has 0 atom stereocenters. The van der Waals surface area contributed by atoms with E-state index in [2.05, 4.69) is 31.2 Å². The molecule has 2 aliphatic rings. The zero-order valence-corrected chi connectivity index (χ0v) is 18.7. The van der Waals surface area contributed by atoms with Crippen LogP contribution in [0.1, 0.15) is 5.56 Å². The Morgan fingerprint density at radius 1 is 1.18 bits per heavy atom. The quantitative estimate of drug-likeness (QED) is 0.368. The number of carbonyl (C=O) groups is 1. The predicted octanol–water partition coefficient (Wildman–Crippen LogP) is 2.24. The Kier molecular flexibility index (Phi) is 6.03. The summed E-state index contributed by atoms with van der Waals surface area (Å²) in [5.41, 5.74) is 8.56. The lowest BCUT2D eigenvalue weighted by Gasteiger charge is -2.22. The number of aromatic nitrogens is 2. The maximum absolute atomic E-state index is 15.3. The van der Waals surface area contributed by atoms with Crippen molar-refractivity contribution in [2.45, 2.75) is 13.0 Å². The standard InChI is InChI=1S/C23H26FN7O3/c1-12-16(10-30-22-21(12)28-4-5-33-22)15-6-13-7-18(29-11-17(13)20(25)19(15)24)31-23(32)34-14-8-26-2-3-27-9-14/h6-7,10-11,14,26-28H,2-5,8-9,25H2,1H3,(H,29,31,32). The molecule has 0 aliphatic carbocycles. The van der Waals surface area contributed by atoms with E-state index < -0.39 is 11.9 Å². The van der Waals surface area contributed by atoms with Gasteiger partial charge in [0.25, 0.3) is 0 Å². The molecule has 6 N–H and O–H groups in total. The molecule has 178 valence electrons. The number of benzene rings is 1. The van der Waals surface area contributed by atoms with E-state index in [9.17, 15) is 4.79 Å². The van der Waals surface area contributed by atoms with Crippen LogP contribution < -0.4 is 31.7 Å². The van der Waals surface area contributed by atoms with Gasteiger partial charge in [0.15, 0.2) is 5.82 Å². The number of nitrogens with two attached hydrogens (primary N) is 1. The molecule has 1 amide bonds. The third-order valence-corrected chi connectivity index (χ3v) is 5.96. The summed E-state index contributed by atoms with van der Waals surface area (Å²) < 4.78 is 26.3. The number of fused-ring (bicyclic) bond motifs is 2. The smallest absolute Gasteiger partial charge is 0.413 e. The molecular weight excluding hydrogens is 441 g/mol. The van der Waals surface area contributed by atoms with Crippen LogP contribution in [-0.4, -0.2) is 61.5 Å². The fourth-order valence-corrected chi connectivity index (χ4v) is 4.20. The van der Waals surface area contributed by atoms with Gasteiger partial charge >= 0.3 is 6.09 Å². The molecule has 4 heterocycles. The van der Waals surface area contributed by atoms with E-state index in [0.29, 0.717) is 54.0 Å². The first-order chi connectivity index (χ1) is 16.5. The van der Waals surface area contributed by atoms with E-state index in [1.54, 1.807) is 18.3 Å². The molecular formula is C23H26FN7O3. The molecule has 34 heavy (non-hydrogen) atoms. The van der Waals surface area contributed by atoms with Gasteiger partial charge in [0.2, 0.25) is 5.88 Å². The van der Waals surface area contributed by atoms with Crippen molar-refractivity contribution in [3.8, 4) is 17.0 Å². The van der Waals surface area contributed by atoms with Crippen LogP contribution in [-0.2, 0) is 4.74 Å². The number of nitrogens with one attached hydrogen (secondary N) is 4.